The number of aromatic hydroxyl groups is 2. The largest absolute Gasteiger partial charge is 1.00 e. The number of nitrogen functional groups attached to an aromatic ring is 1. The Balaban J connectivity index is 0.00000381. The van der Waals surface area contributed by atoms with Gasteiger partial charge in [0.2, 0.25) is 5.60 Å². The summed E-state index contributed by atoms with van der Waals surface area (Å²) < 4.78 is 17.2. The molecule has 3 atom stereocenters. The average Bonchev–Trinajstić information content (AvgIpc) is 4.05. The molecule has 22 nitrogen and oxygen atoms in total. The number of fused-ring (bicyclic) bond motifs is 2. The summed E-state index contributed by atoms with van der Waals surface area (Å²) in [6.45, 7) is 2.85. The van der Waals surface area contributed by atoms with Crippen molar-refractivity contribution < 1.29 is 118 Å². The maximum absolute atomic E-state index is 15.6. The molecule has 346 valence electrons. The molecule has 1 aliphatic carbocycles. The number of thiazole rings is 1. The summed E-state index contributed by atoms with van der Waals surface area (Å²) in [6, 6.07) is 4.67. The van der Waals surface area contributed by atoms with Crippen LogP contribution in [0.15, 0.2) is 63.1 Å². The van der Waals surface area contributed by atoms with E-state index in [9.17, 15) is 54.0 Å². The number of rotatable bonds is 14. The number of phenols is 2. The summed E-state index contributed by atoms with van der Waals surface area (Å²) in [6.07, 6.45) is 3.24. The first kappa shape index (κ1) is 52.1. The van der Waals surface area contributed by atoms with E-state index in [4.69, 9.17) is 10.6 Å². The number of hydrogen-bond donors (Lipinski definition) is 6. The number of nitrogens with two attached hydrogens (primary N) is 1. The number of piperazine rings is 1. The van der Waals surface area contributed by atoms with E-state index in [1.54, 1.807) is 20.9 Å². The van der Waals surface area contributed by atoms with Crippen molar-refractivity contribution in [1.29, 1.82) is 0 Å². The molecule has 1 unspecified atom stereocenters. The Kier molecular flexibility index (Phi) is 16.2. The van der Waals surface area contributed by atoms with Crippen LogP contribution in [0.1, 0.15) is 52.2 Å². The van der Waals surface area contributed by atoms with Gasteiger partial charge in [-0.1, -0.05) is 5.16 Å². The second-order valence-electron chi connectivity index (χ2n) is 16.0. The quantitative estimate of drug-likeness (QED) is 0.0225. The predicted molar refractivity (Wildman–Crippen MR) is 230 cm³/mol. The predicted octanol–water partition coefficient (Wildman–Crippen LogP) is -7.71. The van der Waals surface area contributed by atoms with Crippen LogP contribution in [-0.4, -0.2) is 127 Å². The first-order valence-corrected chi connectivity index (χ1v) is 22.1. The second kappa shape index (κ2) is 21.2. The number of halogens is 1. The summed E-state index contributed by atoms with van der Waals surface area (Å²) in [5.41, 5.74) is 7.76. The van der Waals surface area contributed by atoms with Gasteiger partial charge < -0.3 is 55.4 Å². The van der Waals surface area contributed by atoms with Crippen molar-refractivity contribution in [3.8, 4) is 11.5 Å². The number of thioether (sulfide) groups is 1. The van der Waals surface area contributed by atoms with Gasteiger partial charge in [-0.3, -0.25) is 44.6 Å². The van der Waals surface area contributed by atoms with Crippen molar-refractivity contribution >= 4 is 86.6 Å². The Bertz CT molecular complexity index is 2840. The first-order valence-electron chi connectivity index (χ1n) is 20.2. The number of phenolic OH excluding ortho intramolecular Hbond substituents is 2. The van der Waals surface area contributed by atoms with E-state index >= 15 is 4.39 Å². The van der Waals surface area contributed by atoms with Crippen LogP contribution >= 0.6 is 23.1 Å². The molecule has 68 heavy (non-hydrogen) atoms. The number of amides is 4. The Morgan fingerprint density at radius 3 is 2.38 bits per heavy atom. The van der Waals surface area contributed by atoms with Gasteiger partial charge in [-0.05, 0) is 55.7 Å². The molecule has 4 amide bonds. The number of β-lactam (4-membered cyclic amide) rings is 1. The van der Waals surface area contributed by atoms with Crippen LogP contribution < -0.4 is 102 Å². The molecular formula is C41H39FN10Na2O12S2. The Labute approximate surface area is 437 Å². The van der Waals surface area contributed by atoms with E-state index in [0.717, 1.165) is 47.3 Å². The summed E-state index contributed by atoms with van der Waals surface area (Å²) in [4.78, 5) is 104. The fraction of sp³-hybridized carbons (Fsp3) is 0.341. The molecule has 8 rings (SSSR count). The Morgan fingerprint density at radius 1 is 1.03 bits per heavy atom. The number of carbonyl (C=O) groups excluding carboxylic acids is 6. The normalized spacial score (nSPS) is 18.9. The number of nitrogens with zero attached hydrogens (tertiary/aromatic N) is 6. The van der Waals surface area contributed by atoms with Crippen molar-refractivity contribution in [1.82, 2.24) is 35.5 Å². The SMILES string of the molecule is CC(Cc1csc(N)n1)(O/N=C\C(=O)N[C@@H]1C(=O)N2C(C(=O)[O-])=C(CN3CCN(c4cc5c(cc4F)c(=O)c(C(=O)[O-])cn5C4CC4)CC3)CS[C@H]12)C(=O)NNC(=O)c1ccc(O)c(O)c1.[Na+].[Na+]. The molecule has 7 N–H and O–H groups in total. The number of aromatic carboxylic acids is 1. The summed E-state index contributed by atoms with van der Waals surface area (Å²) in [7, 11) is 0. The zero-order valence-electron chi connectivity index (χ0n) is 36.6. The van der Waals surface area contributed by atoms with Crippen LogP contribution in [0, 0.1) is 5.82 Å². The smallest absolute Gasteiger partial charge is 0.545 e. The van der Waals surface area contributed by atoms with E-state index in [1.165, 1.54) is 30.9 Å². The minimum absolute atomic E-state index is 0. The molecule has 27 heteroatoms. The summed E-state index contributed by atoms with van der Waals surface area (Å²) >= 11 is 2.31. The van der Waals surface area contributed by atoms with Gasteiger partial charge >= 0.3 is 59.1 Å². The fourth-order valence-corrected chi connectivity index (χ4v) is 9.78. The molecule has 4 aromatic rings. The molecule has 3 fully saturated rings. The molecule has 2 aromatic heterocycles. The van der Waals surface area contributed by atoms with Crippen molar-refractivity contribution in [3.63, 3.8) is 0 Å². The van der Waals surface area contributed by atoms with Gasteiger partial charge in [0.15, 0.2) is 22.1 Å². The van der Waals surface area contributed by atoms with Crippen LogP contribution in [0.3, 0.4) is 0 Å². The van der Waals surface area contributed by atoms with Gasteiger partial charge in [0, 0.05) is 73.5 Å². The van der Waals surface area contributed by atoms with Crippen LogP contribution in [0.5, 0.6) is 11.5 Å². The zero-order valence-corrected chi connectivity index (χ0v) is 42.3. The zero-order chi connectivity index (χ0) is 47.2. The van der Waals surface area contributed by atoms with Crippen LogP contribution in [0.25, 0.3) is 10.9 Å². The Morgan fingerprint density at radius 2 is 1.75 bits per heavy atom. The second-order valence-corrected chi connectivity index (χ2v) is 18.0. The van der Waals surface area contributed by atoms with E-state index < -0.39 is 80.9 Å². The number of benzene rings is 2. The number of pyridine rings is 1. The van der Waals surface area contributed by atoms with E-state index in [2.05, 4.69) is 26.3 Å². The molecule has 4 aliphatic rings. The number of hydrogen-bond acceptors (Lipinski definition) is 19. The molecule has 1 saturated carbocycles. The first-order chi connectivity index (χ1) is 31.4. The average molecular weight is 993 g/mol. The van der Waals surface area contributed by atoms with Crippen LogP contribution in [0.2, 0.25) is 0 Å². The molecule has 2 saturated heterocycles. The topological polar surface area (TPSA) is 317 Å². The summed E-state index contributed by atoms with van der Waals surface area (Å²) in [5, 5.41) is 50.4. The van der Waals surface area contributed by atoms with Crippen molar-refractivity contribution in [2.75, 3.05) is 49.1 Å². The minimum Gasteiger partial charge on any atom is -0.545 e. The van der Waals surface area contributed by atoms with E-state index in [1.807, 2.05) is 4.90 Å². The maximum atomic E-state index is 15.6. The molecular weight excluding hydrogens is 954 g/mol. The molecule has 0 spiro atoms. The molecule has 2 aromatic carbocycles. The van der Waals surface area contributed by atoms with Gasteiger partial charge in [-0.15, -0.1) is 23.1 Å². The molecule has 0 bridgehead atoms. The monoisotopic (exact) mass is 992 g/mol. The van der Waals surface area contributed by atoms with E-state index in [-0.39, 0.29) is 111 Å². The third-order valence-electron chi connectivity index (χ3n) is 11.4. The molecule has 5 heterocycles. The molecule has 0 radical (unpaired) electrons. The number of hydrazine groups is 1. The number of oxime groups is 1. The minimum atomic E-state index is -1.91. The van der Waals surface area contributed by atoms with Crippen LogP contribution in [0.4, 0.5) is 15.2 Å². The number of carbonyl (C=O) groups is 6. The number of carboxylic acid groups (broad SMARTS) is 2. The van der Waals surface area contributed by atoms with E-state index in [0.29, 0.717) is 49.2 Å². The van der Waals surface area contributed by atoms with Crippen molar-refractivity contribution in [3.05, 3.63) is 86.0 Å². The number of nitrogens with one attached hydrogen (secondary N) is 3. The number of carboxylic acids is 2. The Hall–Kier alpha value is -5.25. The van der Waals surface area contributed by atoms with Gasteiger partial charge in [0.25, 0.3) is 23.6 Å². The number of anilines is 2. The standard InChI is InChI=1S/C41H41FN10O12S2.2Na/c1-41(13-21-18-66-40(43)45-21,39(63)48-47-34(57)19-2-5-28(53)29(54)10-19)64-44-14-30(55)46-31-35(58)52-32(38(61)62)20(17-65-36(31)52)15-49-6-8-50(9-7-49)27-12-26-23(11-25(27)42)33(56)24(37(59)60)16-51(26)22-3-4-22;;/h2,5,10-12,14,16,18,22,31,36,53-54H,3-4,6-9,13,15,17H2,1H3,(H2,43,45)(H,46,55)(H,47,57)(H,48,63)(H,59,60)(H,61,62);;/q;2*+1/p-2/b44-14-;;/t31-,36-,41?;;/m1../s1. The van der Waals surface area contributed by atoms with Crippen molar-refractivity contribution in [2.45, 2.75) is 49.2 Å². The van der Waals surface area contributed by atoms with Gasteiger partial charge in [-0.25, -0.2) is 9.37 Å². The number of aromatic nitrogens is 2. The third kappa shape index (κ3) is 10.8. The van der Waals surface area contributed by atoms with Crippen molar-refractivity contribution in [2.24, 2.45) is 5.16 Å². The van der Waals surface area contributed by atoms with Crippen LogP contribution in [-0.2, 0) is 30.4 Å². The summed E-state index contributed by atoms with van der Waals surface area (Å²) in [5.74, 6) is -8.21. The maximum Gasteiger partial charge on any atom is 1.00 e. The number of aliphatic carboxylic acids is 1. The molecule has 3 aliphatic heterocycles. The third-order valence-corrected chi connectivity index (χ3v) is 13.5. The van der Waals surface area contributed by atoms with Gasteiger partial charge in [-0.2, -0.15) is 0 Å². The van der Waals surface area contributed by atoms with Gasteiger partial charge in [0.05, 0.1) is 40.1 Å². The van der Waals surface area contributed by atoms with Gasteiger partial charge in [0.1, 0.15) is 23.4 Å². The fourth-order valence-electron chi connectivity index (χ4n) is 7.88.